The van der Waals surface area contributed by atoms with Crippen LogP contribution < -0.4 is 5.73 Å². The summed E-state index contributed by atoms with van der Waals surface area (Å²) in [6.45, 7) is 0.575. The summed E-state index contributed by atoms with van der Waals surface area (Å²) >= 11 is 3.04. The molecule has 1 atom stereocenters. The second-order valence-electron chi connectivity index (χ2n) is 4.04. The van der Waals surface area contributed by atoms with Crippen LogP contribution in [-0.2, 0) is 11.2 Å². The minimum atomic E-state index is -4.87. The van der Waals surface area contributed by atoms with Gasteiger partial charge in [-0.15, -0.1) is 0 Å². The van der Waals surface area contributed by atoms with Crippen molar-refractivity contribution >= 4 is 21.7 Å². The highest BCUT2D eigenvalue weighted by Gasteiger charge is 2.53. The van der Waals surface area contributed by atoms with E-state index >= 15 is 0 Å². The Balaban J connectivity index is 2.98. The highest BCUT2D eigenvalue weighted by atomic mass is 79.9. The van der Waals surface area contributed by atoms with E-state index < -0.39 is 29.7 Å². The quantitative estimate of drug-likeness (QED) is 0.867. The van der Waals surface area contributed by atoms with Gasteiger partial charge in [-0.3, -0.25) is 4.79 Å². The van der Waals surface area contributed by atoms with Gasteiger partial charge in [-0.05, 0) is 30.7 Å². The third-order valence-electron chi connectivity index (χ3n) is 2.53. The summed E-state index contributed by atoms with van der Waals surface area (Å²) in [5.41, 5.74) is 1.85. The van der Waals surface area contributed by atoms with Crippen molar-refractivity contribution in [3.63, 3.8) is 0 Å². The van der Waals surface area contributed by atoms with Gasteiger partial charge >= 0.3 is 6.18 Å². The lowest BCUT2D eigenvalue weighted by Gasteiger charge is -2.26. The molecule has 0 aliphatic carbocycles. The van der Waals surface area contributed by atoms with Crippen LogP contribution in [0.3, 0.4) is 0 Å². The molecule has 1 aromatic carbocycles. The number of hydrogen-bond donors (Lipinski definition) is 1. The summed E-state index contributed by atoms with van der Waals surface area (Å²) < 4.78 is 51.3. The van der Waals surface area contributed by atoms with Gasteiger partial charge in [0, 0.05) is 10.9 Å². The molecule has 0 amide bonds. The summed E-state index contributed by atoms with van der Waals surface area (Å²) in [6, 6.07) is 3.70. The number of rotatable bonds is 3. The molecule has 1 aromatic rings. The zero-order valence-electron chi connectivity index (χ0n) is 9.31. The number of hydrogen-bond acceptors (Lipinski definition) is 2. The number of carbonyl (C=O) groups is 1. The van der Waals surface area contributed by atoms with Gasteiger partial charge in [0.1, 0.15) is 5.82 Å². The van der Waals surface area contributed by atoms with Crippen LogP contribution in [0.15, 0.2) is 22.7 Å². The fourth-order valence-corrected chi connectivity index (χ4v) is 1.60. The second kappa shape index (κ2) is 4.97. The van der Waals surface area contributed by atoms with E-state index in [1.165, 1.54) is 12.1 Å². The predicted octanol–water partition coefficient (Wildman–Crippen LogP) is 2.98. The topological polar surface area (TPSA) is 43.1 Å². The SMILES string of the molecule is CC(N)(C(=O)Cc1cc(Br)ccc1F)C(F)(F)F. The Kier molecular flexibility index (Phi) is 4.17. The van der Waals surface area contributed by atoms with Crippen molar-refractivity contribution in [3.05, 3.63) is 34.1 Å². The molecule has 0 bridgehead atoms. The number of carbonyl (C=O) groups excluding carboxylic acids is 1. The van der Waals surface area contributed by atoms with Gasteiger partial charge in [-0.2, -0.15) is 13.2 Å². The summed E-state index contributed by atoms with van der Waals surface area (Å²) in [5.74, 6) is -2.03. The Hall–Kier alpha value is -0.950. The van der Waals surface area contributed by atoms with E-state index in [0.29, 0.717) is 11.4 Å². The number of nitrogens with two attached hydrogens (primary N) is 1. The van der Waals surface area contributed by atoms with E-state index in [4.69, 9.17) is 5.73 Å². The smallest absolute Gasteiger partial charge is 0.312 e. The third kappa shape index (κ3) is 3.08. The molecule has 100 valence electrons. The van der Waals surface area contributed by atoms with Gasteiger partial charge in [-0.1, -0.05) is 15.9 Å². The predicted molar refractivity (Wildman–Crippen MR) is 61.5 cm³/mol. The molecule has 2 nitrogen and oxygen atoms in total. The van der Waals surface area contributed by atoms with Crippen molar-refractivity contribution in [2.75, 3.05) is 0 Å². The van der Waals surface area contributed by atoms with Crippen molar-refractivity contribution in [2.45, 2.75) is 25.1 Å². The van der Waals surface area contributed by atoms with Crippen molar-refractivity contribution in [1.29, 1.82) is 0 Å². The highest BCUT2D eigenvalue weighted by molar-refractivity contribution is 9.10. The minimum absolute atomic E-state index is 0.129. The van der Waals surface area contributed by atoms with E-state index in [0.717, 1.165) is 6.07 Å². The summed E-state index contributed by atoms with van der Waals surface area (Å²) in [5, 5.41) is 0. The molecule has 0 radical (unpaired) electrons. The van der Waals surface area contributed by atoms with Crippen LogP contribution >= 0.6 is 15.9 Å². The molecule has 0 aliphatic rings. The van der Waals surface area contributed by atoms with Crippen LogP contribution in [0.25, 0.3) is 0 Å². The summed E-state index contributed by atoms with van der Waals surface area (Å²) in [6.07, 6.45) is -5.58. The highest BCUT2D eigenvalue weighted by Crippen LogP contribution is 2.30. The van der Waals surface area contributed by atoms with Gasteiger partial charge < -0.3 is 5.73 Å². The molecule has 0 spiro atoms. The van der Waals surface area contributed by atoms with Crippen LogP contribution in [0.1, 0.15) is 12.5 Å². The molecule has 0 heterocycles. The van der Waals surface area contributed by atoms with Crippen molar-refractivity contribution < 1.29 is 22.4 Å². The van der Waals surface area contributed by atoms with Crippen LogP contribution in [0.5, 0.6) is 0 Å². The second-order valence-corrected chi connectivity index (χ2v) is 4.95. The van der Waals surface area contributed by atoms with Gasteiger partial charge in [-0.25, -0.2) is 4.39 Å². The van der Waals surface area contributed by atoms with Gasteiger partial charge in [0.2, 0.25) is 0 Å². The fourth-order valence-electron chi connectivity index (χ4n) is 1.19. The molecule has 0 saturated heterocycles. The third-order valence-corrected chi connectivity index (χ3v) is 3.02. The first-order valence-electron chi connectivity index (χ1n) is 4.88. The maximum atomic E-state index is 13.3. The van der Waals surface area contributed by atoms with Gasteiger partial charge in [0.25, 0.3) is 0 Å². The Labute approximate surface area is 109 Å². The molecule has 0 aromatic heterocycles. The summed E-state index contributed by atoms with van der Waals surface area (Å²) in [4.78, 5) is 11.5. The standard InChI is InChI=1S/C11H10BrF4NO/c1-10(17,11(14,15)16)9(18)5-6-4-7(12)2-3-8(6)13/h2-4H,5,17H2,1H3. The molecule has 1 rings (SSSR count). The molecular formula is C11H10BrF4NO. The Morgan fingerprint density at radius 3 is 2.44 bits per heavy atom. The molecular weight excluding hydrogens is 318 g/mol. The lowest BCUT2D eigenvalue weighted by Crippen LogP contribution is -2.57. The zero-order chi connectivity index (χ0) is 14.1. The Bertz CT molecular complexity index is 471. The van der Waals surface area contributed by atoms with Gasteiger partial charge in [0.05, 0.1) is 0 Å². The van der Waals surface area contributed by atoms with Crippen LogP contribution in [-0.4, -0.2) is 17.5 Å². The van der Waals surface area contributed by atoms with Gasteiger partial charge in [0.15, 0.2) is 11.3 Å². The molecule has 2 N–H and O–H groups in total. The van der Waals surface area contributed by atoms with Crippen molar-refractivity contribution in [1.82, 2.24) is 0 Å². The minimum Gasteiger partial charge on any atom is -0.312 e. The first kappa shape index (κ1) is 15.1. The maximum Gasteiger partial charge on any atom is 0.413 e. The number of ketones is 1. The summed E-state index contributed by atoms with van der Waals surface area (Å²) in [7, 11) is 0. The Morgan fingerprint density at radius 1 is 1.39 bits per heavy atom. The van der Waals surface area contributed by atoms with Crippen LogP contribution in [0.4, 0.5) is 17.6 Å². The average Bonchev–Trinajstić information content (AvgIpc) is 2.21. The largest absolute Gasteiger partial charge is 0.413 e. The van der Waals surface area contributed by atoms with Crippen LogP contribution in [0, 0.1) is 5.82 Å². The average molecular weight is 328 g/mol. The molecule has 0 aliphatic heterocycles. The molecule has 1 unspecified atom stereocenters. The normalized spacial score (nSPS) is 15.3. The molecule has 7 heteroatoms. The molecule has 18 heavy (non-hydrogen) atoms. The molecule has 0 saturated carbocycles. The van der Waals surface area contributed by atoms with E-state index in [1.807, 2.05) is 0 Å². The molecule has 0 fully saturated rings. The van der Waals surface area contributed by atoms with E-state index in [1.54, 1.807) is 0 Å². The van der Waals surface area contributed by atoms with Crippen molar-refractivity contribution in [2.24, 2.45) is 5.73 Å². The van der Waals surface area contributed by atoms with Crippen molar-refractivity contribution in [3.8, 4) is 0 Å². The number of alkyl halides is 3. The number of Topliss-reactive ketones (excluding diaryl/α,β-unsaturated/α-hetero) is 1. The zero-order valence-corrected chi connectivity index (χ0v) is 10.9. The first-order chi connectivity index (χ1) is 8.05. The maximum absolute atomic E-state index is 13.3. The number of benzene rings is 1. The van der Waals surface area contributed by atoms with E-state index in [2.05, 4.69) is 15.9 Å². The van der Waals surface area contributed by atoms with E-state index in [9.17, 15) is 22.4 Å². The first-order valence-corrected chi connectivity index (χ1v) is 5.68. The lowest BCUT2D eigenvalue weighted by atomic mass is 9.92. The monoisotopic (exact) mass is 327 g/mol. The fraction of sp³-hybridized carbons (Fsp3) is 0.364. The number of halogens is 5. The lowest BCUT2D eigenvalue weighted by molar-refractivity contribution is -0.185. The van der Waals surface area contributed by atoms with E-state index in [-0.39, 0.29) is 5.56 Å². The van der Waals surface area contributed by atoms with Crippen LogP contribution in [0.2, 0.25) is 0 Å². The Morgan fingerprint density at radius 2 is 1.94 bits per heavy atom.